The van der Waals surface area contributed by atoms with Crippen LogP contribution in [-0.4, -0.2) is 15.9 Å². The first-order valence-electron chi connectivity index (χ1n) is 8.33. The zero-order valence-corrected chi connectivity index (χ0v) is 14.8. The number of rotatable bonds is 4. The van der Waals surface area contributed by atoms with Crippen molar-refractivity contribution in [3.8, 4) is 0 Å². The molecule has 0 fully saturated rings. The second kappa shape index (κ2) is 7.65. The maximum absolute atomic E-state index is 12.4. The van der Waals surface area contributed by atoms with Crippen LogP contribution in [0, 0.1) is 13.8 Å². The zero-order chi connectivity index (χ0) is 18.5. The first kappa shape index (κ1) is 17.4. The second-order valence-electron chi connectivity index (χ2n) is 6.10. The third-order valence-corrected chi connectivity index (χ3v) is 3.98. The van der Waals surface area contributed by atoms with Gasteiger partial charge in [0, 0.05) is 17.7 Å². The summed E-state index contributed by atoms with van der Waals surface area (Å²) in [7, 11) is 0. The van der Waals surface area contributed by atoms with E-state index < -0.39 is 0 Å². The fourth-order valence-electron chi connectivity index (χ4n) is 2.58. The summed E-state index contributed by atoms with van der Waals surface area (Å²) in [5, 5.41) is 2.98. The number of aromatic amines is 1. The van der Waals surface area contributed by atoms with Gasteiger partial charge in [-0.1, -0.05) is 48.0 Å². The summed E-state index contributed by atoms with van der Waals surface area (Å²) in [6, 6.07) is 17.6. The van der Waals surface area contributed by atoms with Crippen LogP contribution in [0.1, 0.15) is 22.4 Å². The monoisotopic (exact) mass is 347 g/mol. The van der Waals surface area contributed by atoms with Crippen LogP contribution in [0.25, 0.3) is 0 Å². The van der Waals surface area contributed by atoms with E-state index in [2.05, 4.69) is 20.3 Å². The van der Waals surface area contributed by atoms with E-state index in [4.69, 9.17) is 5.73 Å². The number of hydrogen-bond donors (Lipinski definition) is 3. The molecular formula is C20H21N5O. The Labute approximate surface area is 151 Å². The highest BCUT2D eigenvalue weighted by atomic mass is 16.1. The van der Waals surface area contributed by atoms with Crippen molar-refractivity contribution in [3.05, 3.63) is 87.3 Å². The fraction of sp³-hybridized carbons (Fsp3) is 0.150. The van der Waals surface area contributed by atoms with E-state index in [0.29, 0.717) is 17.7 Å². The summed E-state index contributed by atoms with van der Waals surface area (Å²) < 4.78 is 0. The molecule has 26 heavy (non-hydrogen) atoms. The lowest BCUT2D eigenvalue weighted by atomic mass is 10.1. The third-order valence-electron chi connectivity index (χ3n) is 3.98. The number of guanidine groups is 1. The number of aliphatic imine (C=N–C) groups is 1. The van der Waals surface area contributed by atoms with Gasteiger partial charge in [0.2, 0.25) is 11.9 Å². The predicted molar refractivity (Wildman–Crippen MR) is 105 cm³/mol. The van der Waals surface area contributed by atoms with Gasteiger partial charge in [-0.15, -0.1) is 0 Å². The summed E-state index contributed by atoms with van der Waals surface area (Å²) in [6.45, 7) is 3.81. The van der Waals surface area contributed by atoms with Gasteiger partial charge in [-0.25, -0.2) is 4.98 Å². The maximum atomic E-state index is 12.4. The molecule has 4 N–H and O–H groups in total. The smallest absolute Gasteiger partial charge is 0.256 e. The predicted octanol–water partition coefficient (Wildman–Crippen LogP) is 3.04. The topological polar surface area (TPSA) is 96.2 Å². The molecule has 3 aromatic rings. The molecule has 0 unspecified atom stereocenters. The molecule has 2 aromatic carbocycles. The molecular weight excluding hydrogens is 326 g/mol. The summed E-state index contributed by atoms with van der Waals surface area (Å²) in [5.74, 6) is 0.341. The third kappa shape index (κ3) is 4.36. The molecule has 132 valence electrons. The van der Waals surface area contributed by atoms with Gasteiger partial charge in [-0.3, -0.25) is 9.78 Å². The second-order valence-corrected chi connectivity index (χ2v) is 6.10. The van der Waals surface area contributed by atoms with Crippen LogP contribution in [0.3, 0.4) is 0 Å². The number of benzene rings is 2. The highest BCUT2D eigenvalue weighted by Crippen LogP contribution is 2.12. The molecule has 0 atom stereocenters. The van der Waals surface area contributed by atoms with Crippen LogP contribution >= 0.6 is 0 Å². The Morgan fingerprint density at radius 1 is 1.12 bits per heavy atom. The molecule has 3 rings (SSSR count). The molecule has 0 saturated carbocycles. The minimum Gasteiger partial charge on any atom is -0.369 e. The first-order valence-corrected chi connectivity index (χ1v) is 8.33. The fourth-order valence-corrected chi connectivity index (χ4v) is 2.58. The van der Waals surface area contributed by atoms with Crippen molar-refractivity contribution in [2.24, 2.45) is 10.7 Å². The normalized spacial score (nSPS) is 11.4. The molecule has 0 bridgehead atoms. The molecule has 0 saturated heterocycles. The van der Waals surface area contributed by atoms with Crippen LogP contribution in [-0.2, 0) is 6.42 Å². The number of hydrogen-bond acceptors (Lipinski definition) is 3. The number of aromatic nitrogens is 2. The van der Waals surface area contributed by atoms with Crippen molar-refractivity contribution < 1.29 is 0 Å². The van der Waals surface area contributed by atoms with Gasteiger partial charge < -0.3 is 11.1 Å². The van der Waals surface area contributed by atoms with E-state index >= 15 is 0 Å². The number of nitrogens with zero attached hydrogens (tertiary/aromatic N) is 2. The van der Waals surface area contributed by atoms with Gasteiger partial charge in [0.05, 0.1) is 5.69 Å². The van der Waals surface area contributed by atoms with Crippen LogP contribution < -0.4 is 16.6 Å². The highest BCUT2D eigenvalue weighted by Gasteiger charge is 2.09. The van der Waals surface area contributed by atoms with Gasteiger partial charge in [-0.05, 0) is 31.5 Å². The van der Waals surface area contributed by atoms with Crippen LogP contribution in [0.4, 0.5) is 11.6 Å². The summed E-state index contributed by atoms with van der Waals surface area (Å²) in [5.41, 5.74) is 10.00. The molecule has 0 radical (unpaired) electrons. The Balaban J connectivity index is 1.80. The van der Waals surface area contributed by atoms with Gasteiger partial charge >= 0.3 is 0 Å². The molecule has 6 nitrogen and oxygen atoms in total. The van der Waals surface area contributed by atoms with Gasteiger partial charge in [0.15, 0.2) is 0 Å². The van der Waals surface area contributed by atoms with Crippen LogP contribution in [0.5, 0.6) is 0 Å². The van der Waals surface area contributed by atoms with Crippen molar-refractivity contribution in [2.45, 2.75) is 20.3 Å². The van der Waals surface area contributed by atoms with Crippen LogP contribution in [0.2, 0.25) is 0 Å². The highest BCUT2D eigenvalue weighted by molar-refractivity contribution is 5.93. The largest absolute Gasteiger partial charge is 0.369 e. The van der Waals surface area contributed by atoms with Gasteiger partial charge in [0.1, 0.15) is 0 Å². The minimum absolute atomic E-state index is 0.159. The van der Waals surface area contributed by atoms with E-state index in [0.717, 1.165) is 16.8 Å². The van der Waals surface area contributed by atoms with Crippen molar-refractivity contribution in [1.29, 1.82) is 0 Å². The molecule has 0 amide bonds. The van der Waals surface area contributed by atoms with E-state index in [1.165, 1.54) is 0 Å². The van der Waals surface area contributed by atoms with E-state index in [9.17, 15) is 4.79 Å². The van der Waals surface area contributed by atoms with Crippen molar-refractivity contribution in [1.82, 2.24) is 9.97 Å². The zero-order valence-electron chi connectivity index (χ0n) is 14.8. The molecule has 0 spiro atoms. The summed E-state index contributed by atoms with van der Waals surface area (Å²) in [6.07, 6.45) is 0.524. The van der Waals surface area contributed by atoms with Crippen LogP contribution in [0.15, 0.2) is 64.4 Å². The Hall–Kier alpha value is -3.41. The maximum Gasteiger partial charge on any atom is 0.256 e. The number of nitrogens with one attached hydrogen (secondary N) is 2. The molecule has 0 aliphatic rings. The van der Waals surface area contributed by atoms with Crippen molar-refractivity contribution in [2.75, 3.05) is 5.32 Å². The lowest BCUT2D eigenvalue weighted by molar-refractivity contribution is 0.973. The Kier molecular flexibility index (Phi) is 5.12. The lowest BCUT2D eigenvalue weighted by Gasteiger charge is -2.07. The van der Waals surface area contributed by atoms with E-state index in [1.54, 1.807) is 6.92 Å². The first-order chi connectivity index (χ1) is 12.5. The Bertz CT molecular complexity index is 975. The average Bonchev–Trinajstić information content (AvgIpc) is 2.61. The molecule has 6 heteroatoms. The molecule has 1 aromatic heterocycles. The lowest BCUT2D eigenvalue weighted by Crippen LogP contribution is -2.23. The number of nitrogens with two attached hydrogens (primary N) is 1. The van der Waals surface area contributed by atoms with Gasteiger partial charge in [-0.2, -0.15) is 4.99 Å². The number of anilines is 1. The number of aryl methyl sites for hydroxylation is 2. The summed E-state index contributed by atoms with van der Waals surface area (Å²) in [4.78, 5) is 23.6. The average molecular weight is 347 g/mol. The Morgan fingerprint density at radius 2 is 1.81 bits per heavy atom. The van der Waals surface area contributed by atoms with Crippen molar-refractivity contribution >= 4 is 17.6 Å². The minimum atomic E-state index is -0.205. The Morgan fingerprint density at radius 3 is 2.46 bits per heavy atom. The summed E-state index contributed by atoms with van der Waals surface area (Å²) >= 11 is 0. The molecule has 0 aliphatic carbocycles. The standard InChI is InChI=1S/C20H21N5O/c1-13-8-10-16(11-9-13)23-19(21)25-20-22-14(2)17(18(26)24-20)12-15-6-4-3-5-7-15/h3-11H,12H2,1-2H3,(H4,21,22,23,24,25,26). The van der Waals surface area contributed by atoms with Gasteiger partial charge in [0.25, 0.3) is 5.56 Å². The van der Waals surface area contributed by atoms with E-state index in [-0.39, 0.29) is 17.5 Å². The van der Waals surface area contributed by atoms with E-state index in [1.807, 2.05) is 61.5 Å². The molecule has 1 heterocycles. The SMILES string of the molecule is Cc1ccc(N/C(N)=N/c2nc(C)c(Cc3ccccc3)c(=O)[nH]2)cc1. The van der Waals surface area contributed by atoms with Crippen molar-refractivity contribution in [3.63, 3.8) is 0 Å². The molecule has 0 aliphatic heterocycles. The number of H-pyrrole nitrogens is 1. The quantitative estimate of drug-likeness (QED) is 0.499.